The largest absolute Gasteiger partial charge is 0.347 e. The van der Waals surface area contributed by atoms with E-state index in [1.54, 1.807) is 0 Å². The van der Waals surface area contributed by atoms with Crippen molar-refractivity contribution >= 4 is 35.4 Å². The van der Waals surface area contributed by atoms with Gasteiger partial charge in [-0.05, 0) is 47.5 Å². The third-order valence-electron chi connectivity index (χ3n) is 7.48. The summed E-state index contributed by atoms with van der Waals surface area (Å²) in [6.45, 7) is 8.99. The second-order valence-corrected chi connectivity index (χ2v) is 10.4. The van der Waals surface area contributed by atoms with Crippen molar-refractivity contribution in [3.8, 4) is 0 Å². The zero-order chi connectivity index (χ0) is 25.5. The van der Waals surface area contributed by atoms with Crippen molar-refractivity contribution in [3.05, 3.63) is 101 Å². The summed E-state index contributed by atoms with van der Waals surface area (Å²) in [7, 11) is 4.22. The first-order valence-electron chi connectivity index (χ1n) is 12.3. The van der Waals surface area contributed by atoms with Crippen molar-refractivity contribution in [1.29, 1.82) is 0 Å². The SMILES string of the molecule is CN1C(=CC=Nc2cccc(N=CC=C3N(C)c4ccccc4C3(C)C)n2)C(C)(C)c2ccccc21. The standard InChI is InChI=1S/C31H33N5/c1-30(2)22-12-7-9-14-24(22)35(5)26(30)18-20-32-28-16-11-17-29(34-28)33-21-19-27-31(3,4)23-13-8-10-15-25(23)36(27)6/h7-21H,1-6H3. The molecule has 3 aromatic rings. The lowest BCUT2D eigenvalue weighted by atomic mass is 9.84. The van der Waals surface area contributed by atoms with Gasteiger partial charge in [-0.15, -0.1) is 0 Å². The fourth-order valence-corrected chi connectivity index (χ4v) is 5.53. The van der Waals surface area contributed by atoms with E-state index in [9.17, 15) is 0 Å². The van der Waals surface area contributed by atoms with Crippen LogP contribution in [-0.4, -0.2) is 31.5 Å². The summed E-state index contributed by atoms with van der Waals surface area (Å²) in [5, 5.41) is 0. The van der Waals surface area contributed by atoms with E-state index in [0.29, 0.717) is 11.6 Å². The van der Waals surface area contributed by atoms with E-state index in [2.05, 4.69) is 127 Å². The maximum Gasteiger partial charge on any atom is 0.154 e. The molecule has 0 saturated carbocycles. The molecule has 0 bridgehead atoms. The molecule has 5 rings (SSSR count). The third kappa shape index (κ3) is 3.95. The van der Waals surface area contributed by atoms with E-state index < -0.39 is 0 Å². The molecule has 0 radical (unpaired) electrons. The molecule has 2 aromatic carbocycles. The predicted octanol–water partition coefficient (Wildman–Crippen LogP) is 7.11. The van der Waals surface area contributed by atoms with Gasteiger partial charge in [0.05, 0.1) is 0 Å². The van der Waals surface area contributed by atoms with Crippen LogP contribution >= 0.6 is 0 Å². The summed E-state index contributed by atoms with van der Waals surface area (Å²) in [5.74, 6) is 1.27. The number of allylic oxidation sites excluding steroid dienone is 4. The summed E-state index contributed by atoms with van der Waals surface area (Å²) in [4.78, 5) is 18.3. The minimum atomic E-state index is -0.0781. The Kier molecular flexibility index (Phi) is 5.87. The molecule has 36 heavy (non-hydrogen) atoms. The second-order valence-electron chi connectivity index (χ2n) is 10.4. The predicted molar refractivity (Wildman–Crippen MR) is 152 cm³/mol. The van der Waals surface area contributed by atoms with E-state index in [4.69, 9.17) is 0 Å². The van der Waals surface area contributed by atoms with Crippen molar-refractivity contribution in [2.45, 2.75) is 38.5 Å². The smallest absolute Gasteiger partial charge is 0.154 e. The lowest BCUT2D eigenvalue weighted by Crippen LogP contribution is -2.23. The number of benzene rings is 2. The maximum absolute atomic E-state index is 4.61. The average molecular weight is 476 g/mol. The fraction of sp³-hybridized carbons (Fsp3) is 0.258. The molecule has 5 nitrogen and oxygen atoms in total. The molecule has 0 atom stereocenters. The van der Waals surface area contributed by atoms with Crippen LogP contribution in [0.5, 0.6) is 0 Å². The summed E-state index contributed by atoms with van der Waals surface area (Å²) >= 11 is 0. The van der Waals surface area contributed by atoms with Gasteiger partial charge < -0.3 is 9.80 Å². The highest BCUT2D eigenvalue weighted by Gasteiger charge is 2.38. The minimum absolute atomic E-state index is 0.0781. The molecule has 5 heteroatoms. The number of likely N-dealkylation sites (N-methyl/N-ethyl adjacent to an activating group) is 2. The molecule has 0 spiro atoms. The number of rotatable bonds is 4. The molecule has 2 aliphatic heterocycles. The van der Waals surface area contributed by atoms with E-state index in [-0.39, 0.29) is 10.8 Å². The highest BCUT2D eigenvalue weighted by atomic mass is 15.2. The zero-order valence-corrected chi connectivity index (χ0v) is 21.9. The molecule has 0 unspecified atom stereocenters. The van der Waals surface area contributed by atoms with Gasteiger partial charge >= 0.3 is 0 Å². The van der Waals surface area contributed by atoms with Gasteiger partial charge in [0, 0.05) is 60.1 Å². The quantitative estimate of drug-likeness (QED) is 0.378. The van der Waals surface area contributed by atoms with Crippen LogP contribution in [0.4, 0.5) is 23.0 Å². The number of hydrogen-bond donors (Lipinski definition) is 0. The number of para-hydroxylation sites is 2. The second kappa shape index (κ2) is 8.90. The summed E-state index contributed by atoms with van der Waals surface area (Å²) in [6, 6.07) is 22.8. The third-order valence-corrected chi connectivity index (χ3v) is 7.48. The molecule has 0 saturated heterocycles. The molecular formula is C31H33N5. The Labute approximate surface area is 214 Å². The first-order valence-corrected chi connectivity index (χ1v) is 12.3. The van der Waals surface area contributed by atoms with Crippen molar-refractivity contribution in [2.75, 3.05) is 23.9 Å². The highest BCUT2D eigenvalue weighted by Crippen LogP contribution is 2.47. The van der Waals surface area contributed by atoms with Crippen molar-refractivity contribution in [2.24, 2.45) is 9.98 Å². The maximum atomic E-state index is 4.61. The van der Waals surface area contributed by atoms with E-state index >= 15 is 0 Å². The Bertz CT molecular complexity index is 1320. The van der Waals surface area contributed by atoms with Crippen LogP contribution in [0.1, 0.15) is 38.8 Å². The Balaban J connectivity index is 1.34. The van der Waals surface area contributed by atoms with E-state index in [0.717, 1.165) is 0 Å². The summed E-state index contributed by atoms with van der Waals surface area (Å²) < 4.78 is 0. The van der Waals surface area contributed by atoms with Gasteiger partial charge in [-0.3, -0.25) is 0 Å². The van der Waals surface area contributed by atoms with Gasteiger partial charge in [-0.2, -0.15) is 0 Å². The number of fused-ring (bicyclic) bond motifs is 2. The monoisotopic (exact) mass is 475 g/mol. The Morgan fingerprint density at radius 1 is 0.611 bits per heavy atom. The zero-order valence-electron chi connectivity index (χ0n) is 21.9. The van der Waals surface area contributed by atoms with Crippen LogP contribution in [0.25, 0.3) is 0 Å². The average Bonchev–Trinajstić information content (AvgIpc) is 3.19. The molecule has 0 N–H and O–H groups in total. The number of pyridine rings is 1. The Morgan fingerprint density at radius 3 is 1.44 bits per heavy atom. The molecule has 182 valence electrons. The van der Waals surface area contributed by atoms with Crippen LogP contribution < -0.4 is 9.80 Å². The lowest BCUT2D eigenvalue weighted by Gasteiger charge is -2.23. The van der Waals surface area contributed by atoms with Gasteiger partial charge in [0.1, 0.15) is 0 Å². The van der Waals surface area contributed by atoms with Crippen molar-refractivity contribution in [1.82, 2.24) is 4.98 Å². The van der Waals surface area contributed by atoms with Crippen LogP contribution in [-0.2, 0) is 10.8 Å². The first kappa shape index (κ1) is 23.7. The minimum Gasteiger partial charge on any atom is -0.347 e. The number of aromatic nitrogens is 1. The highest BCUT2D eigenvalue weighted by molar-refractivity contribution is 5.82. The summed E-state index contributed by atoms with van der Waals surface area (Å²) in [5.41, 5.74) is 7.39. The summed E-state index contributed by atoms with van der Waals surface area (Å²) in [6.07, 6.45) is 7.84. The molecule has 3 heterocycles. The van der Waals surface area contributed by atoms with Crippen LogP contribution in [0, 0.1) is 0 Å². The van der Waals surface area contributed by atoms with E-state index in [1.807, 2.05) is 30.6 Å². The van der Waals surface area contributed by atoms with Gasteiger partial charge in [0.25, 0.3) is 0 Å². The molecule has 2 aliphatic rings. The molecule has 0 aliphatic carbocycles. The van der Waals surface area contributed by atoms with Crippen LogP contribution in [0.3, 0.4) is 0 Å². The van der Waals surface area contributed by atoms with Crippen LogP contribution in [0.2, 0.25) is 0 Å². The lowest BCUT2D eigenvalue weighted by molar-refractivity contribution is 0.641. The van der Waals surface area contributed by atoms with Crippen molar-refractivity contribution < 1.29 is 0 Å². The first-order chi connectivity index (χ1) is 17.2. The van der Waals surface area contributed by atoms with E-state index in [1.165, 1.54) is 33.9 Å². The molecular weight excluding hydrogens is 442 g/mol. The number of hydrogen-bond acceptors (Lipinski definition) is 5. The normalized spacial score (nSPS) is 20.2. The van der Waals surface area contributed by atoms with Gasteiger partial charge in [-0.25, -0.2) is 15.0 Å². The molecule has 0 fully saturated rings. The van der Waals surface area contributed by atoms with Crippen molar-refractivity contribution in [3.63, 3.8) is 0 Å². The molecule has 1 aromatic heterocycles. The Hall–Kier alpha value is -3.99. The number of nitrogens with zero attached hydrogens (tertiary/aromatic N) is 5. The Morgan fingerprint density at radius 2 is 1.03 bits per heavy atom. The topological polar surface area (TPSA) is 44.1 Å². The van der Waals surface area contributed by atoms with Gasteiger partial charge in [-0.1, -0.05) is 70.2 Å². The van der Waals surface area contributed by atoms with Gasteiger partial charge in [0.15, 0.2) is 11.6 Å². The number of anilines is 2. The fourth-order valence-electron chi connectivity index (χ4n) is 5.53. The number of aliphatic imine (C=N–C) groups is 2. The molecule has 0 amide bonds. The van der Waals surface area contributed by atoms with Gasteiger partial charge in [0.2, 0.25) is 0 Å². The van der Waals surface area contributed by atoms with Crippen LogP contribution in [0.15, 0.2) is 100 Å².